The first-order chi connectivity index (χ1) is 11.9. The summed E-state index contributed by atoms with van der Waals surface area (Å²) in [6.07, 6.45) is 0.541. The lowest BCUT2D eigenvalue weighted by Gasteiger charge is -2.28. The number of ether oxygens (including phenoxy) is 1. The second kappa shape index (κ2) is 7.01. The van der Waals surface area contributed by atoms with Crippen LogP contribution in [-0.4, -0.2) is 38.2 Å². The number of nitrogens with zero attached hydrogens (tertiary/aromatic N) is 2. The monoisotopic (exact) mass is 381 g/mol. The molecule has 1 aliphatic rings. The van der Waals surface area contributed by atoms with Gasteiger partial charge >= 0.3 is 0 Å². The van der Waals surface area contributed by atoms with Crippen molar-refractivity contribution in [1.29, 1.82) is 0 Å². The van der Waals surface area contributed by atoms with Gasteiger partial charge in [0.2, 0.25) is 10.0 Å². The highest BCUT2D eigenvalue weighted by molar-refractivity contribution is 7.92. The van der Waals surface area contributed by atoms with E-state index < -0.39 is 10.0 Å². The van der Waals surface area contributed by atoms with Crippen molar-refractivity contribution in [3.63, 3.8) is 0 Å². The van der Waals surface area contributed by atoms with Gasteiger partial charge in [0.15, 0.2) is 11.7 Å². The molecular weight excluding hydrogens is 362 g/mol. The van der Waals surface area contributed by atoms with Gasteiger partial charge in [-0.3, -0.25) is 9.52 Å². The first-order valence-electron chi connectivity index (χ1n) is 7.97. The number of fused-ring (bicyclic) bond motifs is 1. The van der Waals surface area contributed by atoms with Crippen LogP contribution in [0.2, 0.25) is 0 Å². The van der Waals surface area contributed by atoms with Gasteiger partial charge in [-0.25, -0.2) is 13.4 Å². The van der Waals surface area contributed by atoms with Crippen LogP contribution in [0.25, 0.3) is 11.3 Å². The highest BCUT2D eigenvalue weighted by atomic mass is 32.2. The third-order valence-corrected chi connectivity index (χ3v) is 6.07. The van der Waals surface area contributed by atoms with Crippen molar-refractivity contribution >= 4 is 38.1 Å². The van der Waals surface area contributed by atoms with Crippen molar-refractivity contribution < 1.29 is 17.9 Å². The summed E-state index contributed by atoms with van der Waals surface area (Å²) in [6.45, 7) is 4.31. The van der Waals surface area contributed by atoms with Crippen LogP contribution >= 0.6 is 11.3 Å². The van der Waals surface area contributed by atoms with Crippen molar-refractivity contribution in [3.8, 4) is 17.0 Å². The van der Waals surface area contributed by atoms with Gasteiger partial charge < -0.3 is 9.64 Å². The summed E-state index contributed by atoms with van der Waals surface area (Å²) in [5.74, 6) is 0.633. The normalized spacial score (nSPS) is 14.2. The van der Waals surface area contributed by atoms with Crippen molar-refractivity contribution in [2.45, 2.75) is 20.3 Å². The maximum atomic E-state index is 12.0. The minimum Gasteiger partial charge on any atom is -0.482 e. The van der Waals surface area contributed by atoms with Gasteiger partial charge in [0, 0.05) is 17.5 Å². The molecule has 1 amide bonds. The van der Waals surface area contributed by atoms with Crippen LogP contribution in [-0.2, 0) is 14.8 Å². The highest BCUT2D eigenvalue weighted by Gasteiger charge is 2.25. The lowest BCUT2D eigenvalue weighted by atomic mass is 10.1. The Bertz CT molecular complexity index is 893. The van der Waals surface area contributed by atoms with Crippen LogP contribution in [0.3, 0.4) is 0 Å². The number of benzene rings is 1. The van der Waals surface area contributed by atoms with E-state index in [9.17, 15) is 13.2 Å². The summed E-state index contributed by atoms with van der Waals surface area (Å²) in [7, 11) is -3.36. The lowest BCUT2D eigenvalue weighted by molar-refractivity contribution is -0.121. The van der Waals surface area contributed by atoms with Crippen molar-refractivity contribution in [1.82, 2.24) is 4.98 Å². The first kappa shape index (κ1) is 17.7. The fourth-order valence-electron chi connectivity index (χ4n) is 2.61. The largest absolute Gasteiger partial charge is 0.482 e. The Morgan fingerprint density at radius 3 is 2.88 bits per heavy atom. The summed E-state index contributed by atoms with van der Waals surface area (Å²) in [5.41, 5.74) is 2.15. The van der Waals surface area contributed by atoms with Crippen LogP contribution in [0.5, 0.6) is 5.75 Å². The van der Waals surface area contributed by atoms with E-state index in [-0.39, 0.29) is 18.3 Å². The van der Waals surface area contributed by atoms with E-state index in [4.69, 9.17) is 4.74 Å². The average Bonchev–Trinajstić information content (AvgIpc) is 3.01. The lowest BCUT2D eigenvalue weighted by Crippen LogP contribution is -2.38. The van der Waals surface area contributed by atoms with E-state index in [1.165, 1.54) is 11.3 Å². The van der Waals surface area contributed by atoms with E-state index in [0.29, 0.717) is 35.2 Å². The third kappa shape index (κ3) is 3.77. The van der Waals surface area contributed by atoms with E-state index in [2.05, 4.69) is 9.71 Å². The summed E-state index contributed by atoms with van der Waals surface area (Å²) < 4.78 is 31.6. The molecule has 0 fully saturated rings. The fourth-order valence-corrected chi connectivity index (χ4v) is 4.70. The second-order valence-corrected chi connectivity index (χ2v) is 8.27. The summed E-state index contributed by atoms with van der Waals surface area (Å²) in [6, 6.07) is 5.50. The number of carbonyl (C=O) groups excluding carboxylic acids is 1. The molecule has 1 aromatic carbocycles. The van der Waals surface area contributed by atoms with Crippen LogP contribution in [0.1, 0.15) is 20.3 Å². The van der Waals surface area contributed by atoms with Crippen LogP contribution in [0.4, 0.5) is 10.8 Å². The Hall–Kier alpha value is -2.13. The highest BCUT2D eigenvalue weighted by Crippen LogP contribution is 2.36. The molecule has 0 saturated carbocycles. The molecule has 0 spiro atoms. The molecule has 25 heavy (non-hydrogen) atoms. The van der Waals surface area contributed by atoms with Gasteiger partial charge in [0.05, 0.1) is 17.1 Å². The molecule has 0 bridgehead atoms. The first-order valence-corrected chi connectivity index (χ1v) is 10.5. The summed E-state index contributed by atoms with van der Waals surface area (Å²) in [5, 5.41) is 2.12. The van der Waals surface area contributed by atoms with Crippen LogP contribution in [0.15, 0.2) is 23.6 Å². The third-order valence-electron chi connectivity index (χ3n) is 3.73. The zero-order valence-corrected chi connectivity index (χ0v) is 15.6. The van der Waals surface area contributed by atoms with Crippen molar-refractivity contribution in [3.05, 3.63) is 23.6 Å². The number of anilines is 2. The number of carbonyl (C=O) groups is 1. The molecule has 9 heteroatoms. The summed E-state index contributed by atoms with van der Waals surface area (Å²) >= 11 is 1.23. The van der Waals surface area contributed by atoms with Gasteiger partial charge in [0.25, 0.3) is 5.91 Å². The number of aromatic nitrogens is 1. The van der Waals surface area contributed by atoms with Crippen molar-refractivity contribution in [2.24, 2.45) is 0 Å². The molecule has 0 radical (unpaired) electrons. The Morgan fingerprint density at radius 2 is 2.16 bits per heavy atom. The minimum atomic E-state index is -3.36. The zero-order valence-electron chi connectivity index (χ0n) is 14.0. The molecule has 2 heterocycles. The van der Waals surface area contributed by atoms with Gasteiger partial charge in [-0.15, -0.1) is 11.3 Å². The number of hydrogen-bond donors (Lipinski definition) is 1. The topological polar surface area (TPSA) is 88.6 Å². The number of nitrogens with one attached hydrogen (secondary N) is 1. The van der Waals surface area contributed by atoms with Gasteiger partial charge in [0.1, 0.15) is 5.75 Å². The molecule has 1 N–H and O–H groups in total. The van der Waals surface area contributed by atoms with E-state index in [1.54, 1.807) is 16.3 Å². The molecule has 134 valence electrons. The molecule has 1 aliphatic heterocycles. The standard InChI is InChI=1S/C16H19N3O4S2/c1-3-7-25(21,22)18-16-17-12(10-24-16)11-5-6-14-13(8-11)19(4-2)15(20)9-23-14/h5-6,8,10H,3-4,7,9H2,1-2H3,(H,17,18). The molecular formula is C16H19N3O4S2. The zero-order chi connectivity index (χ0) is 18.0. The van der Waals surface area contributed by atoms with Gasteiger partial charge in [-0.1, -0.05) is 6.92 Å². The molecule has 3 rings (SSSR count). The molecule has 2 aromatic rings. The predicted molar refractivity (Wildman–Crippen MR) is 98.8 cm³/mol. The number of thiazole rings is 1. The predicted octanol–water partition coefficient (Wildman–Crippen LogP) is 2.71. The number of sulfonamides is 1. The number of rotatable bonds is 6. The molecule has 0 aliphatic carbocycles. The SMILES string of the molecule is CCCS(=O)(=O)Nc1nc(-c2ccc3c(c2)N(CC)C(=O)CO3)cs1. The fraction of sp³-hybridized carbons (Fsp3) is 0.375. The number of amides is 1. The molecule has 0 saturated heterocycles. The van der Waals surface area contributed by atoms with Crippen molar-refractivity contribution in [2.75, 3.05) is 28.5 Å². The smallest absolute Gasteiger partial charge is 0.265 e. The van der Waals surface area contributed by atoms with Crippen LogP contribution in [0, 0.1) is 0 Å². The van der Waals surface area contributed by atoms with Gasteiger partial charge in [-0.05, 0) is 31.5 Å². The summed E-state index contributed by atoms with van der Waals surface area (Å²) in [4.78, 5) is 18.0. The van der Waals surface area contributed by atoms with E-state index >= 15 is 0 Å². The second-order valence-electron chi connectivity index (χ2n) is 5.57. The van der Waals surface area contributed by atoms with Crippen LogP contribution < -0.4 is 14.4 Å². The molecule has 0 atom stereocenters. The van der Waals surface area contributed by atoms with Gasteiger partial charge in [-0.2, -0.15) is 0 Å². The number of likely N-dealkylation sites (N-methyl/N-ethyl adjacent to an activating group) is 1. The molecule has 0 unspecified atom stereocenters. The molecule has 7 nitrogen and oxygen atoms in total. The quantitative estimate of drug-likeness (QED) is 0.831. The number of hydrogen-bond acceptors (Lipinski definition) is 6. The maximum absolute atomic E-state index is 12.0. The van der Waals surface area contributed by atoms with E-state index in [0.717, 1.165) is 5.56 Å². The maximum Gasteiger partial charge on any atom is 0.265 e. The Morgan fingerprint density at radius 1 is 1.36 bits per heavy atom. The Labute approximate surface area is 150 Å². The average molecular weight is 381 g/mol. The van der Waals surface area contributed by atoms with E-state index in [1.807, 2.05) is 26.0 Å². The minimum absolute atomic E-state index is 0.0419. The Kier molecular flexibility index (Phi) is 4.96. The Balaban J connectivity index is 1.89. The molecule has 1 aromatic heterocycles.